The largest absolute Gasteiger partial charge is 0.469 e. The minimum atomic E-state index is -1.99. The Labute approximate surface area is 262 Å². The fourth-order valence-corrected chi connectivity index (χ4v) is 5.65. The van der Waals surface area contributed by atoms with Gasteiger partial charge in [-0.25, -0.2) is 32.5 Å². The molecule has 1 fully saturated rings. The van der Waals surface area contributed by atoms with Gasteiger partial charge in [0.1, 0.15) is 36.2 Å². The Kier molecular flexibility index (Phi) is 8.61. The molecule has 1 unspecified atom stereocenters. The third-order valence-corrected chi connectivity index (χ3v) is 8.12. The van der Waals surface area contributed by atoms with Crippen LogP contribution < -0.4 is 15.5 Å². The Morgan fingerprint density at radius 3 is 2.09 bits per heavy atom. The molecule has 3 heterocycles. The van der Waals surface area contributed by atoms with Gasteiger partial charge in [-0.2, -0.15) is 10.2 Å². The molecule has 2 aromatic heterocycles. The molecule has 46 heavy (non-hydrogen) atoms. The van der Waals surface area contributed by atoms with Gasteiger partial charge >= 0.3 is 11.7 Å². The highest BCUT2D eigenvalue weighted by atomic mass is 19.1. The first kappa shape index (κ1) is 30.6. The summed E-state index contributed by atoms with van der Waals surface area (Å²) in [5, 5.41) is 19.8. The summed E-state index contributed by atoms with van der Waals surface area (Å²) in [6.45, 7) is 2.55. The summed E-state index contributed by atoms with van der Waals surface area (Å²) in [6, 6.07) is 18.3. The van der Waals surface area contributed by atoms with Gasteiger partial charge in [-0.1, -0.05) is 18.2 Å². The predicted molar refractivity (Wildman–Crippen MR) is 165 cm³/mol. The van der Waals surface area contributed by atoms with Gasteiger partial charge in [0.15, 0.2) is 0 Å². The van der Waals surface area contributed by atoms with Gasteiger partial charge in [0, 0.05) is 49.2 Å². The summed E-state index contributed by atoms with van der Waals surface area (Å²) in [4.78, 5) is 33.3. The molecule has 6 rings (SSSR count). The normalized spacial score (nSPS) is 14.7. The first-order chi connectivity index (χ1) is 22.2. The van der Waals surface area contributed by atoms with Gasteiger partial charge in [-0.05, 0) is 48.0 Å². The van der Waals surface area contributed by atoms with E-state index in [0.29, 0.717) is 11.8 Å². The van der Waals surface area contributed by atoms with Crippen molar-refractivity contribution in [2.75, 3.05) is 43.1 Å². The molecule has 238 valence electrons. The Morgan fingerprint density at radius 2 is 1.50 bits per heavy atom. The average Bonchev–Trinajstić information content (AvgIpc) is 3.70. The molecule has 0 spiro atoms. The zero-order valence-corrected chi connectivity index (χ0v) is 25.0. The second-order valence-electron chi connectivity index (χ2n) is 11.1. The Bertz CT molecular complexity index is 1850. The number of benzene rings is 3. The zero-order valence-electron chi connectivity index (χ0n) is 25.0. The van der Waals surface area contributed by atoms with Gasteiger partial charge in [-0.15, -0.1) is 0 Å². The monoisotopic (exact) mass is 630 g/mol. The predicted octanol–water partition coefficient (Wildman–Crippen LogP) is 2.53. The van der Waals surface area contributed by atoms with Crippen LogP contribution in [-0.2, 0) is 34.6 Å². The highest BCUT2D eigenvalue weighted by molar-refractivity contribution is 5.72. The van der Waals surface area contributed by atoms with E-state index >= 15 is 0 Å². The molecule has 1 aliphatic rings. The van der Waals surface area contributed by atoms with Crippen LogP contribution in [0.5, 0.6) is 0 Å². The van der Waals surface area contributed by atoms with Gasteiger partial charge in [0.2, 0.25) is 0 Å². The number of aliphatic hydroxyl groups is 1. The van der Waals surface area contributed by atoms with Gasteiger partial charge in [0.05, 0.1) is 32.3 Å². The van der Waals surface area contributed by atoms with E-state index in [1.807, 2.05) is 48.5 Å². The van der Waals surface area contributed by atoms with E-state index in [0.717, 1.165) is 59.9 Å². The number of esters is 1. The molecule has 0 aliphatic carbocycles. The number of piperazine rings is 1. The molecule has 1 saturated heterocycles. The van der Waals surface area contributed by atoms with Crippen LogP contribution in [0.3, 0.4) is 0 Å². The summed E-state index contributed by atoms with van der Waals surface area (Å²) in [5.74, 6) is -2.02. The number of carbonyl (C=O) groups is 1. The van der Waals surface area contributed by atoms with Crippen LogP contribution in [0.1, 0.15) is 11.1 Å². The van der Waals surface area contributed by atoms with E-state index in [4.69, 9.17) is 4.74 Å². The van der Waals surface area contributed by atoms with Crippen LogP contribution >= 0.6 is 0 Å². The molecule has 1 atom stereocenters. The van der Waals surface area contributed by atoms with Crippen molar-refractivity contribution in [1.29, 1.82) is 0 Å². The molecule has 0 bridgehead atoms. The molecule has 12 nitrogen and oxygen atoms in total. The SMILES string of the molecule is COC(=O)Cc1ccc(N2CCN(c3ccc(-n4cnn(CC(O)(Cn5cncn5)c5ccc(F)cc5F)c4=O)cc3)CC2)cc1. The number of nitrogens with zero attached hydrogens (tertiary/aromatic N) is 8. The summed E-state index contributed by atoms with van der Waals surface area (Å²) < 4.78 is 36.9. The molecule has 5 aromatic rings. The van der Waals surface area contributed by atoms with E-state index in [2.05, 4.69) is 25.0 Å². The van der Waals surface area contributed by atoms with Crippen LogP contribution in [0.2, 0.25) is 0 Å². The molecule has 0 radical (unpaired) electrons. The molecular weight excluding hydrogens is 598 g/mol. The molecule has 3 aromatic carbocycles. The molecule has 1 aliphatic heterocycles. The molecule has 0 amide bonds. The fraction of sp³-hybridized carbons (Fsp3) is 0.281. The maximum Gasteiger partial charge on any atom is 0.350 e. The van der Waals surface area contributed by atoms with Gasteiger partial charge < -0.3 is 19.6 Å². The number of methoxy groups -OCH3 is 1. The summed E-state index contributed by atoms with van der Waals surface area (Å²) in [6.07, 6.45) is 4.19. The van der Waals surface area contributed by atoms with Crippen molar-refractivity contribution in [2.45, 2.75) is 25.1 Å². The minimum absolute atomic E-state index is 0.203. The van der Waals surface area contributed by atoms with Crippen molar-refractivity contribution in [3.8, 4) is 5.69 Å². The second kappa shape index (κ2) is 12.9. The number of halogens is 2. The molecule has 14 heteroatoms. The fourth-order valence-electron chi connectivity index (χ4n) is 5.65. The zero-order chi connectivity index (χ0) is 32.3. The van der Waals surface area contributed by atoms with Gasteiger partial charge in [-0.3, -0.25) is 4.79 Å². The quantitative estimate of drug-likeness (QED) is 0.232. The third kappa shape index (κ3) is 6.52. The number of carbonyl (C=O) groups excluding carboxylic acids is 1. The van der Waals surface area contributed by atoms with E-state index in [1.165, 1.54) is 35.3 Å². The van der Waals surface area contributed by atoms with Crippen LogP contribution in [-0.4, -0.2) is 73.5 Å². The minimum Gasteiger partial charge on any atom is -0.469 e. The smallest absolute Gasteiger partial charge is 0.350 e. The van der Waals surface area contributed by atoms with Crippen LogP contribution in [0, 0.1) is 11.6 Å². The maximum absolute atomic E-state index is 14.8. The lowest BCUT2D eigenvalue weighted by Gasteiger charge is -2.37. The number of rotatable bonds is 10. The molecular formula is C32H32F2N8O4. The highest BCUT2D eigenvalue weighted by Crippen LogP contribution is 2.28. The Hall–Kier alpha value is -5.37. The van der Waals surface area contributed by atoms with Crippen LogP contribution in [0.25, 0.3) is 5.69 Å². The van der Waals surface area contributed by atoms with Crippen LogP contribution in [0.4, 0.5) is 20.2 Å². The standard InChI is InChI=1S/C32H32F2N8O4/c1-46-30(43)16-23-2-5-25(6-3-23)38-12-14-39(15-13-38)26-7-9-27(10-8-26)41-22-37-42(31(41)44)19-32(45,18-40-21-35-20-36-40)28-11-4-24(33)17-29(28)34/h2-11,17,20-22,45H,12-16,18-19H2,1H3. The number of ether oxygens (including phenoxy) is 1. The van der Waals surface area contributed by atoms with Crippen molar-refractivity contribution in [1.82, 2.24) is 29.1 Å². The number of anilines is 2. The van der Waals surface area contributed by atoms with E-state index < -0.39 is 29.5 Å². The Balaban J connectivity index is 1.13. The number of hydrogen-bond donors (Lipinski definition) is 1. The number of hydrogen-bond acceptors (Lipinski definition) is 9. The lowest BCUT2D eigenvalue weighted by Crippen LogP contribution is -2.46. The van der Waals surface area contributed by atoms with Crippen LogP contribution in [0.15, 0.2) is 90.5 Å². The summed E-state index contributed by atoms with van der Waals surface area (Å²) in [7, 11) is 1.38. The highest BCUT2D eigenvalue weighted by Gasteiger charge is 2.35. The first-order valence-electron chi connectivity index (χ1n) is 14.6. The Morgan fingerprint density at radius 1 is 0.870 bits per heavy atom. The maximum atomic E-state index is 14.8. The van der Waals surface area contributed by atoms with Gasteiger partial charge in [0.25, 0.3) is 0 Å². The third-order valence-electron chi connectivity index (χ3n) is 8.12. The van der Waals surface area contributed by atoms with Crippen molar-refractivity contribution in [3.05, 3.63) is 119 Å². The summed E-state index contributed by atoms with van der Waals surface area (Å²) in [5.41, 5.74) is 0.832. The number of aromatic nitrogens is 6. The van der Waals surface area contributed by atoms with E-state index in [-0.39, 0.29) is 24.5 Å². The average molecular weight is 631 g/mol. The van der Waals surface area contributed by atoms with Crippen molar-refractivity contribution in [2.24, 2.45) is 0 Å². The first-order valence-corrected chi connectivity index (χ1v) is 14.6. The van der Waals surface area contributed by atoms with E-state index in [1.54, 1.807) is 0 Å². The van der Waals surface area contributed by atoms with Crippen molar-refractivity contribution >= 4 is 17.3 Å². The molecule has 1 N–H and O–H groups in total. The summed E-state index contributed by atoms with van der Waals surface area (Å²) >= 11 is 0. The molecule has 0 saturated carbocycles. The van der Waals surface area contributed by atoms with Crippen molar-refractivity contribution < 1.29 is 23.4 Å². The lowest BCUT2D eigenvalue weighted by molar-refractivity contribution is -0.139. The van der Waals surface area contributed by atoms with E-state index in [9.17, 15) is 23.5 Å². The van der Waals surface area contributed by atoms with Crippen molar-refractivity contribution in [3.63, 3.8) is 0 Å². The topological polar surface area (TPSA) is 124 Å². The lowest BCUT2D eigenvalue weighted by atomic mass is 9.93. The second-order valence-corrected chi connectivity index (χ2v) is 11.1.